The van der Waals surface area contributed by atoms with Gasteiger partial charge in [0.15, 0.2) is 6.10 Å². The smallest absolute Gasteiger partial charge is 0.342 e. The number of hydrogen-bond donors (Lipinski definition) is 2. The van der Waals surface area contributed by atoms with E-state index in [4.69, 9.17) is 22.1 Å². The average Bonchev–Trinajstić information content (AvgIpc) is 2.38. The number of hydrogen-bond acceptors (Lipinski definition) is 4. The Bertz CT molecular complexity index is 499. The Balaban J connectivity index is 2.68. The second kappa shape index (κ2) is 7.88. The quantitative estimate of drug-likeness (QED) is 0.625. The minimum atomic E-state index is -0.910. The molecule has 0 aliphatic carbocycles. The van der Waals surface area contributed by atoms with Crippen LogP contribution in [0.1, 0.15) is 44.0 Å². The van der Waals surface area contributed by atoms with Gasteiger partial charge >= 0.3 is 5.97 Å². The average molecular weight is 313 g/mol. The van der Waals surface area contributed by atoms with Crippen molar-refractivity contribution >= 4 is 29.2 Å². The number of rotatable bonds is 6. The van der Waals surface area contributed by atoms with Crippen molar-refractivity contribution < 1.29 is 14.3 Å². The third-order valence-electron chi connectivity index (χ3n) is 3.01. The van der Waals surface area contributed by atoms with Gasteiger partial charge < -0.3 is 15.8 Å². The van der Waals surface area contributed by atoms with E-state index in [1.807, 2.05) is 13.8 Å². The van der Waals surface area contributed by atoms with Crippen molar-refractivity contribution in [1.82, 2.24) is 5.32 Å². The summed E-state index contributed by atoms with van der Waals surface area (Å²) in [5.41, 5.74) is 6.01. The summed E-state index contributed by atoms with van der Waals surface area (Å²) in [7, 11) is 0. The number of nitrogen functional groups attached to an aromatic ring is 1. The van der Waals surface area contributed by atoms with E-state index in [9.17, 15) is 9.59 Å². The lowest BCUT2D eigenvalue weighted by Gasteiger charge is -2.18. The molecule has 0 saturated heterocycles. The molecule has 0 aliphatic heterocycles. The zero-order valence-electron chi connectivity index (χ0n) is 12.5. The third kappa shape index (κ3) is 4.93. The molecule has 0 radical (unpaired) electrons. The lowest BCUT2D eigenvalue weighted by atomic mass is 10.2. The first-order chi connectivity index (χ1) is 9.86. The molecule has 0 spiro atoms. The van der Waals surface area contributed by atoms with Gasteiger partial charge in [-0.1, -0.05) is 31.0 Å². The molecular weight excluding hydrogens is 292 g/mol. The summed E-state index contributed by atoms with van der Waals surface area (Å²) in [5.74, 6) is -1.04. The maximum absolute atomic E-state index is 12.0. The SMILES string of the molecule is CCCC(C)NC(=O)C(C)OC(=O)c1c(N)cccc1Cl. The van der Waals surface area contributed by atoms with Crippen molar-refractivity contribution in [3.8, 4) is 0 Å². The molecule has 0 aliphatic rings. The summed E-state index contributed by atoms with van der Waals surface area (Å²) in [5, 5.41) is 2.99. The molecule has 0 bridgehead atoms. The van der Waals surface area contributed by atoms with E-state index >= 15 is 0 Å². The van der Waals surface area contributed by atoms with Crippen LogP contribution in [0.5, 0.6) is 0 Å². The predicted octanol–water partition coefficient (Wildman–Crippen LogP) is 2.77. The Kier molecular flexibility index (Phi) is 6.49. The second-order valence-corrected chi connectivity index (χ2v) is 5.36. The number of carbonyl (C=O) groups excluding carboxylic acids is 2. The summed E-state index contributed by atoms with van der Waals surface area (Å²) >= 11 is 5.93. The Labute approximate surface area is 129 Å². The maximum atomic E-state index is 12.0. The molecule has 2 atom stereocenters. The topological polar surface area (TPSA) is 81.4 Å². The number of benzene rings is 1. The van der Waals surface area contributed by atoms with Crippen molar-refractivity contribution in [1.29, 1.82) is 0 Å². The molecule has 6 heteroatoms. The van der Waals surface area contributed by atoms with Crippen LogP contribution < -0.4 is 11.1 Å². The number of nitrogens with one attached hydrogen (secondary N) is 1. The molecule has 0 saturated carbocycles. The van der Waals surface area contributed by atoms with Gasteiger partial charge in [-0.15, -0.1) is 0 Å². The zero-order chi connectivity index (χ0) is 16.0. The predicted molar refractivity (Wildman–Crippen MR) is 83.3 cm³/mol. The highest BCUT2D eigenvalue weighted by atomic mass is 35.5. The van der Waals surface area contributed by atoms with Crippen molar-refractivity contribution in [3.05, 3.63) is 28.8 Å². The molecule has 0 aromatic heterocycles. The van der Waals surface area contributed by atoms with E-state index in [1.54, 1.807) is 18.2 Å². The fourth-order valence-electron chi connectivity index (χ4n) is 1.89. The molecule has 2 unspecified atom stereocenters. The largest absolute Gasteiger partial charge is 0.449 e. The molecule has 0 heterocycles. The highest BCUT2D eigenvalue weighted by Gasteiger charge is 2.22. The molecule has 1 aromatic carbocycles. The monoisotopic (exact) mass is 312 g/mol. The standard InChI is InChI=1S/C15H21ClN2O3/c1-4-6-9(2)18-14(19)10(3)21-15(20)13-11(16)7-5-8-12(13)17/h5,7-10H,4,6,17H2,1-3H3,(H,18,19). The van der Waals surface area contributed by atoms with Crippen molar-refractivity contribution in [3.63, 3.8) is 0 Å². The molecule has 116 valence electrons. The van der Waals surface area contributed by atoms with E-state index in [2.05, 4.69) is 5.32 Å². The molecule has 5 nitrogen and oxygen atoms in total. The van der Waals surface area contributed by atoms with E-state index in [-0.39, 0.29) is 28.2 Å². The summed E-state index contributed by atoms with van der Waals surface area (Å²) in [6.45, 7) is 5.45. The number of anilines is 1. The molecule has 1 rings (SSSR count). The fourth-order valence-corrected chi connectivity index (χ4v) is 2.15. The van der Waals surface area contributed by atoms with Crippen molar-refractivity contribution in [2.24, 2.45) is 0 Å². The van der Waals surface area contributed by atoms with Gasteiger partial charge in [0, 0.05) is 11.7 Å². The van der Waals surface area contributed by atoms with Crippen LogP contribution in [0.25, 0.3) is 0 Å². The van der Waals surface area contributed by atoms with Crippen LogP contribution in [0.2, 0.25) is 5.02 Å². The Morgan fingerprint density at radius 1 is 1.38 bits per heavy atom. The van der Waals surface area contributed by atoms with Crippen LogP contribution in [0, 0.1) is 0 Å². The van der Waals surface area contributed by atoms with E-state index in [1.165, 1.54) is 6.92 Å². The first kappa shape index (κ1) is 17.3. The second-order valence-electron chi connectivity index (χ2n) is 4.95. The molecule has 0 fully saturated rings. The number of amides is 1. The Hall–Kier alpha value is -1.75. The number of halogens is 1. The summed E-state index contributed by atoms with van der Waals surface area (Å²) < 4.78 is 5.12. The fraction of sp³-hybridized carbons (Fsp3) is 0.467. The molecule has 21 heavy (non-hydrogen) atoms. The molecule has 1 aromatic rings. The highest BCUT2D eigenvalue weighted by Crippen LogP contribution is 2.23. The number of carbonyl (C=O) groups is 2. The Morgan fingerprint density at radius 2 is 2.05 bits per heavy atom. The first-order valence-corrected chi connectivity index (χ1v) is 7.30. The lowest BCUT2D eigenvalue weighted by molar-refractivity contribution is -0.129. The van der Waals surface area contributed by atoms with Gasteiger partial charge in [0.25, 0.3) is 5.91 Å². The summed E-state index contributed by atoms with van der Waals surface area (Å²) in [6.07, 6.45) is 0.919. The van der Waals surface area contributed by atoms with Gasteiger partial charge in [-0.2, -0.15) is 0 Å². The van der Waals surface area contributed by atoms with Gasteiger partial charge in [-0.3, -0.25) is 4.79 Å². The van der Waals surface area contributed by atoms with E-state index < -0.39 is 12.1 Å². The summed E-state index contributed by atoms with van der Waals surface area (Å²) in [6, 6.07) is 4.77. The maximum Gasteiger partial charge on any atom is 0.342 e. The number of ether oxygens (including phenoxy) is 1. The van der Waals surface area contributed by atoms with E-state index in [0.29, 0.717) is 0 Å². The minimum Gasteiger partial charge on any atom is -0.449 e. The van der Waals surface area contributed by atoms with Crippen LogP contribution in [0.15, 0.2) is 18.2 Å². The molecule has 3 N–H and O–H groups in total. The van der Waals surface area contributed by atoms with Crippen LogP contribution in [-0.4, -0.2) is 24.0 Å². The van der Waals surface area contributed by atoms with Crippen LogP contribution >= 0.6 is 11.6 Å². The third-order valence-corrected chi connectivity index (χ3v) is 3.33. The van der Waals surface area contributed by atoms with Crippen molar-refractivity contribution in [2.45, 2.75) is 45.8 Å². The van der Waals surface area contributed by atoms with Gasteiger partial charge in [0.1, 0.15) is 5.56 Å². The molecule has 1 amide bonds. The van der Waals surface area contributed by atoms with E-state index in [0.717, 1.165) is 12.8 Å². The van der Waals surface area contributed by atoms with Gasteiger partial charge in [0.05, 0.1) is 5.02 Å². The van der Waals surface area contributed by atoms with Gasteiger partial charge in [0.2, 0.25) is 0 Å². The van der Waals surface area contributed by atoms with Gasteiger partial charge in [-0.25, -0.2) is 4.79 Å². The van der Waals surface area contributed by atoms with Gasteiger partial charge in [-0.05, 0) is 32.4 Å². The van der Waals surface area contributed by atoms with Crippen molar-refractivity contribution in [2.75, 3.05) is 5.73 Å². The lowest BCUT2D eigenvalue weighted by Crippen LogP contribution is -2.40. The number of nitrogens with two attached hydrogens (primary N) is 1. The highest BCUT2D eigenvalue weighted by molar-refractivity contribution is 6.34. The number of esters is 1. The van der Waals surface area contributed by atoms with Crippen LogP contribution in [0.4, 0.5) is 5.69 Å². The van der Waals surface area contributed by atoms with Crippen LogP contribution in [-0.2, 0) is 9.53 Å². The van der Waals surface area contributed by atoms with Crippen LogP contribution in [0.3, 0.4) is 0 Å². The first-order valence-electron chi connectivity index (χ1n) is 6.92. The zero-order valence-corrected chi connectivity index (χ0v) is 13.2. The normalized spacial score (nSPS) is 13.3. The minimum absolute atomic E-state index is 0.0361. The molecular formula is C15H21ClN2O3. The Morgan fingerprint density at radius 3 is 2.62 bits per heavy atom. The summed E-state index contributed by atoms with van der Waals surface area (Å²) in [4.78, 5) is 24.0.